The molecule has 0 unspecified atom stereocenters. The smallest absolute Gasteiger partial charge is 0.0160 e. The molecule has 0 aliphatic heterocycles. The highest BCUT2D eigenvalue weighted by molar-refractivity contribution is 5.85. The van der Waals surface area contributed by atoms with Crippen LogP contribution in [0.1, 0.15) is 33.6 Å². The van der Waals surface area contributed by atoms with Crippen LogP contribution in [0.25, 0.3) is 0 Å². The maximum absolute atomic E-state index is 3.33. The first-order valence-electron chi connectivity index (χ1n) is 3.66. The Bertz CT molecular complexity index is 112. The third kappa shape index (κ3) is 1.86. The van der Waals surface area contributed by atoms with E-state index in [2.05, 4.69) is 33.1 Å². The van der Waals surface area contributed by atoms with E-state index in [9.17, 15) is 0 Å². The quantitative estimate of drug-likeness (QED) is 0.625. The summed E-state index contributed by atoms with van der Waals surface area (Å²) in [6, 6.07) is 0. The van der Waals surface area contributed by atoms with E-state index in [1.165, 1.54) is 12.8 Å². The zero-order chi connectivity index (χ0) is 7.12. The van der Waals surface area contributed by atoms with Crippen molar-refractivity contribution in [2.75, 3.05) is 7.05 Å². The van der Waals surface area contributed by atoms with Gasteiger partial charge in [-0.1, -0.05) is 13.8 Å². The molecule has 0 atom stereocenters. The zero-order valence-corrected chi connectivity index (χ0v) is 8.14. The van der Waals surface area contributed by atoms with Crippen LogP contribution in [0.2, 0.25) is 0 Å². The summed E-state index contributed by atoms with van der Waals surface area (Å²) in [5.41, 5.74) is 1.04. The molecule has 1 aliphatic carbocycles. The molecule has 0 bridgehead atoms. The number of hydrogen-bond acceptors (Lipinski definition) is 1. The van der Waals surface area contributed by atoms with E-state index in [-0.39, 0.29) is 12.4 Å². The molecule has 1 N–H and O–H groups in total. The van der Waals surface area contributed by atoms with Crippen LogP contribution in [0.4, 0.5) is 0 Å². The molecule has 1 rings (SSSR count). The standard InChI is InChI=1S/C8H17N.ClH/c1-7(2)5-8(3,6-7)9-4;/h9H,5-6H2,1-4H3;1H. The number of nitrogens with one attached hydrogen (secondary N) is 1. The highest BCUT2D eigenvalue weighted by Gasteiger charge is 2.44. The number of hydrogen-bond donors (Lipinski definition) is 1. The van der Waals surface area contributed by atoms with Crippen LogP contribution in [-0.4, -0.2) is 12.6 Å². The molecule has 0 aromatic rings. The molecule has 10 heavy (non-hydrogen) atoms. The molecule has 0 spiro atoms. The van der Waals surface area contributed by atoms with Crippen molar-refractivity contribution < 1.29 is 0 Å². The second kappa shape index (κ2) is 2.71. The maximum atomic E-state index is 3.33. The third-order valence-electron chi connectivity index (χ3n) is 2.34. The fourth-order valence-electron chi connectivity index (χ4n) is 2.24. The Balaban J connectivity index is 0.000000810. The minimum Gasteiger partial charge on any atom is -0.314 e. The van der Waals surface area contributed by atoms with Crippen molar-refractivity contribution in [3.63, 3.8) is 0 Å². The fourth-order valence-corrected chi connectivity index (χ4v) is 2.24. The molecule has 2 heteroatoms. The average Bonchev–Trinajstić information content (AvgIpc) is 1.61. The molecular formula is C8H18ClN. The highest BCUT2D eigenvalue weighted by atomic mass is 35.5. The van der Waals surface area contributed by atoms with Crippen LogP contribution in [0.3, 0.4) is 0 Å². The van der Waals surface area contributed by atoms with Crippen LogP contribution in [0, 0.1) is 5.41 Å². The minimum absolute atomic E-state index is 0. The summed E-state index contributed by atoms with van der Waals surface area (Å²) in [6.45, 7) is 6.94. The normalized spacial score (nSPS) is 26.4. The average molecular weight is 164 g/mol. The van der Waals surface area contributed by atoms with Crippen molar-refractivity contribution in [3.05, 3.63) is 0 Å². The lowest BCUT2D eigenvalue weighted by atomic mass is 9.60. The van der Waals surface area contributed by atoms with Gasteiger partial charge in [0.1, 0.15) is 0 Å². The zero-order valence-electron chi connectivity index (χ0n) is 7.32. The summed E-state index contributed by atoms with van der Waals surface area (Å²) in [4.78, 5) is 0. The lowest BCUT2D eigenvalue weighted by Crippen LogP contribution is -2.55. The number of rotatable bonds is 1. The van der Waals surface area contributed by atoms with Crippen molar-refractivity contribution >= 4 is 12.4 Å². The first-order chi connectivity index (χ1) is 3.97. The van der Waals surface area contributed by atoms with Gasteiger partial charge in [0.25, 0.3) is 0 Å². The molecule has 0 aromatic heterocycles. The molecule has 1 nitrogen and oxygen atoms in total. The summed E-state index contributed by atoms with van der Waals surface area (Å²) in [5, 5.41) is 3.33. The second-order valence-electron chi connectivity index (χ2n) is 4.33. The Morgan fingerprint density at radius 2 is 1.50 bits per heavy atom. The summed E-state index contributed by atoms with van der Waals surface area (Å²) in [5.74, 6) is 0. The Hall–Kier alpha value is 0.250. The van der Waals surface area contributed by atoms with Gasteiger partial charge in [0.05, 0.1) is 0 Å². The Kier molecular flexibility index (Phi) is 2.77. The number of halogens is 1. The van der Waals surface area contributed by atoms with Crippen molar-refractivity contribution in [1.82, 2.24) is 5.32 Å². The summed E-state index contributed by atoms with van der Waals surface area (Å²) in [6.07, 6.45) is 2.63. The van der Waals surface area contributed by atoms with Crippen LogP contribution >= 0.6 is 12.4 Å². The molecule has 62 valence electrons. The van der Waals surface area contributed by atoms with Gasteiger partial charge in [0.15, 0.2) is 0 Å². The Morgan fingerprint density at radius 3 is 1.60 bits per heavy atom. The predicted molar refractivity (Wildman–Crippen MR) is 47.7 cm³/mol. The van der Waals surface area contributed by atoms with Gasteiger partial charge in [-0.05, 0) is 32.2 Å². The summed E-state index contributed by atoms with van der Waals surface area (Å²) >= 11 is 0. The molecule has 0 aromatic carbocycles. The van der Waals surface area contributed by atoms with E-state index in [4.69, 9.17) is 0 Å². The van der Waals surface area contributed by atoms with Crippen LogP contribution < -0.4 is 5.32 Å². The van der Waals surface area contributed by atoms with E-state index in [1.807, 2.05) is 0 Å². The summed E-state index contributed by atoms with van der Waals surface area (Å²) < 4.78 is 0. The van der Waals surface area contributed by atoms with Gasteiger partial charge < -0.3 is 5.32 Å². The van der Waals surface area contributed by atoms with Crippen molar-refractivity contribution in [1.29, 1.82) is 0 Å². The summed E-state index contributed by atoms with van der Waals surface area (Å²) in [7, 11) is 2.05. The van der Waals surface area contributed by atoms with E-state index >= 15 is 0 Å². The first kappa shape index (κ1) is 10.2. The Morgan fingerprint density at radius 1 is 1.10 bits per heavy atom. The van der Waals surface area contributed by atoms with Crippen LogP contribution in [0.15, 0.2) is 0 Å². The van der Waals surface area contributed by atoms with Crippen molar-refractivity contribution in [3.8, 4) is 0 Å². The topological polar surface area (TPSA) is 12.0 Å². The lowest BCUT2D eigenvalue weighted by Gasteiger charge is -2.51. The maximum Gasteiger partial charge on any atom is 0.0160 e. The van der Waals surface area contributed by atoms with Gasteiger partial charge in [-0.3, -0.25) is 0 Å². The van der Waals surface area contributed by atoms with Gasteiger partial charge >= 0.3 is 0 Å². The molecular weight excluding hydrogens is 146 g/mol. The van der Waals surface area contributed by atoms with Crippen molar-refractivity contribution in [2.24, 2.45) is 5.41 Å². The molecule has 1 fully saturated rings. The first-order valence-corrected chi connectivity index (χ1v) is 3.66. The van der Waals surface area contributed by atoms with Gasteiger partial charge in [0.2, 0.25) is 0 Å². The van der Waals surface area contributed by atoms with E-state index in [1.54, 1.807) is 0 Å². The van der Waals surface area contributed by atoms with Gasteiger partial charge in [0, 0.05) is 5.54 Å². The SMILES string of the molecule is CNC1(C)CC(C)(C)C1.Cl. The molecule has 0 amide bonds. The van der Waals surface area contributed by atoms with Gasteiger partial charge in [-0.2, -0.15) is 0 Å². The van der Waals surface area contributed by atoms with E-state index in [0.29, 0.717) is 11.0 Å². The van der Waals surface area contributed by atoms with Crippen LogP contribution in [-0.2, 0) is 0 Å². The fraction of sp³-hybridized carbons (Fsp3) is 1.00. The monoisotopic (exact) mass is 163 g/mol. The molecule has 1 saturated carbocycles. The van der Waals surface area contributed by atoms with E-state index in [0.717, 1.165) is 0 Å². The predicted octanol–water partition coefficient (Wildman–Crippen LogP) is 2.21. The lowest BCUT2D eigenvalue weighted by molar-refractivity contribution is 0.0527. The van der Waals surface area contributed by atoms with Crippen molar-refractivity contribution in [2.45, 2.75) is 39.2 Å². The minimum atomic E-state index is 0. The highest BCUT2D eigenvalue weighted by Crippen LogP contribution is 2.46. The molecule has 0 saturated heterocycles. The molecule has 1 aliphatic rings. The Labute approximate surface area is 70.0 Å². The molecule has 0 radical (unpaired) electrons. The van der Waals surface area contributed by atoms with Gasteiger partial charge in [-0.25, -0.2) is 0 Å². The van der Waals surface area contributed by atoms with Crippen LogP contribution in [0.5, 0.6) is 0 Å². The molecule has 0 heterocycles. The largest absolute Gasteiger partial charge is 0.314 e. The van der Waals surface area contributed by atoms with E-state index < -0.39 is 0 Å². The second-order valence-corrected chi connectivity index (χ2v) is 4.33. The van der Waals surface area contributed by atoms with Gasteiger partial charge in [-0.15, -0.1) is 12.4 Å². The third-order valence-corrected chi connectivity index (χ3v) is 2.34.